The first kappa shape index (κ1) is 21.4. The van der Waals surface area contributed by atoms with E-state index in [9.17, 15) is 0 Å². The summed E-state index contributed by atoms with van der Waals surface area (Å²) in [5.74, 6) is 1.95. The smallest absolute Gasteiger partial charge is 0.158 e. The summed E-state index contributed by atoms with van der Waals surface area (Å²) in [4.78, 5) is 10.1. The fourth-order valence-corrected chi connectivity index (χ4v) is 4.60. The molecule has 3 nitrogen and oxygen atoms in total. The molecule has 0 amide bonds. The van der Waals surface area contributed by atoms with Gasteiger partial charge in [-0.1, -0.05) is 63.6 Å². The highest BCUT2D eigenvalue weighted by Gasteiger charge is 2.31. The second-order valence-electron chi connectivity index (χ2n) is 9.64. The zero-order valence-electron chi connectivity index (χ0n) is 20.0. The number of benzene rings is 2. The molecule has 0 N–H and O–H groups in total. The van der Waals surface area contributed by atoms with E-state index in [4.69, 9.17) is 4.98 Å². The van der Waals surface area contributed by atoms with Crippen molar-refractivity contribution in [2.75, 3.05) is 16.5 Å². The summed E-state index contributed by atoms with van der Waals surface area (Å²) in [6.07, 6.45) is 0. The largest absolute Gasteiger partial charge is 0.348 e. The Morgan fingerprint density at radius 1 is 0.806 bits per heavy atom. The van der Waals surface area contributed by atoms with Crippen LogP contribution in [0.4, 0.5) is 17.2 Å². The minimum atomic E-state index is 0.414. The molecule has 2 heterocycles. The van der Waals surface area contributed by atoms with Gasteiger partial charge >= 0.3 is 0 Å². The van der Waals surface area contributed by atoms with E-state index in [0.717, 1.165) is 18.2 Å². The minimum absolute atomic E-state index is 0.414. The van der Waals surface area contributed by atoms with Gasteiger partial charge in [0, 0.05) is 17.3 Å². The van der Waals surface area contributed by atoms with Crippen LogP contribution in [0.3, 0.4) is 0 Å². The van der Waals surface area contributed by atoms with Crippen LogP contribution < -0.4 is 9.80 Å². The van der Waals surface area contributed by atoms with Gasteiger partial charge in [-0.25, -0.2) is 4.98 Å². The summed E-state index contributed by atoms with van der Waals surface area (Å²) in [6.45, 7) is 16.7. The van der Waals surface area contributed by atoms with Crippen LogP contribution in [0.5, 0.6) is 0 Å². The average molecular weight is 414 g/mol. The average Bonchev–Trinajstić information content (AvgIpc) is 3.12. The van der Waals surface area contributed by atoms with Gasteiger partial charge in [0.25, 0.3) is 0 Å². The lowest BCUT2D eigenvalue weighted by molar-refractivity contribution is 0.709. The van der Waals surface area contributed by atoms with Crippen LogP contribution in [0.1, 0.15) is 70.1 Å². The first-order chi connectivity index (χ1) is 14.8. The van der Waals surface area contributed by atoms with Crippen LogP contribution in [0, 0.1) is 6.92 Å². The highest BCUT2D eigenvalue weighted by molar-refractivity contribution is 5.83. The molecule has 3 aromatic rings. The lowest BCUT2D eigenvalue weighted by atomic mass is 9.85. The Labute approximate surface area is 187 Å². The number of rotatable bonds is 5. The van der Waals surface area contributed by atoms with E-state index >= 15 is 0 Å². The SMILES string of the molecule is Cc1cc(C(C)C)c(-c2ccc3c(n2)N(c2ccccc2)CN3C(C)C)c(C(C)C)c1. The van der Waals surface area contributed by atoms with Crippen molar-refractivity contribution in [1.82, 2.24) is 4.98 Å². The third-order valence-corrected chi connectivity index (χ3v) is 6.25. The maximum atomic E-state index is 5.31. The zero-order valence-corrected chi connectivity index (χ0v) is 20.0. The van der Waals surface area contributed by atoms with Gasteiger partial charge in [-0.3, -0.25) is 0 Å². The molecule has 0 atom stereocenters. The van der Waals surface area contributed by atoms with Gasteiger partial charge in [0.2, 0.25) is 0 Å². The zero-order chi connectivity index (χ0) is 22.3. The Bertz CT molecular complexity index is 1040. The standard InChI is InChI=1S/C28H35N3/c1-18(2)23-15-21(7)16-24(19(3)4)27(23)25-13-14-26-28(29-25)31(17-30(26)20(5)6)22-11-9-8-10-12-22/h8-16,18-20H,17H2,1-7H3. The molecule has 0 fully saturated rings. The fourth-order valence-electron chi connectivity index (χ4n) is 4.60. The quantitative estimate of drug-likeness (QED) is 0.429. The van der Waals surface area contributed by atoms with E-state index < -0.39 is 0 Å². The van der Waals surface area contributed by atoms with Gasteiger partial charge in [-0.05, 0) is 68.0 Å². The molecular weight excluding hydrogens is 378 g/mol. The van der Waals surface area contributed by atoms with Crippen LogP contribution in [0.25, 0.3) is 11.3 Å². The van der Waals surface area contributed by atoms with Gasteiger partial charge in [0.05, 0.1) is 18.1 Å². The maximum Gasteiger partial charge on any atom is 0.158 e. The van der Waals surface area contributed by atoms with Gasteiger partial charge < -0.3 is 9.80 Å². The van der Waals surface area contributed by atoms with Crippen molar-refractivity contribution in [1.29, 1.82) is 0 Å². The Kier molecular flexibility index (Phi) is 5.79. The van der Waals surface area contributed by atoms with Crippen LogP contribution in [-0.4, -0.2) is 17.7 Å². The van der Waals surface area contributed by atoms with Crippen molar-refractivity contribution in [3.8, 4) is 11.3 Å². The van der Waals surface area contributed by atoms with E-state index in [-0.39, 0.29) is 0 Å². The van der Waals surface area contributed by atoms with Crippen LogP contribution >= 0.6 is 0 Å². The molecule has 162 valence electrons. The number of hydrogen-bond donors (Lipinski definition) is 0. The van der Waals surface area contributed by atoms with E-state index in [1.807, 2.05) is 0 Å². The summed E-state index contributed by atoms with van der Waals surface area (Å²) in [5.41, 5.74) is 8.91. The van der Waals surface area contributed by atoms with Crippen LogP contribution in [-0.2, 0) is 0 Å². The number of aryl methyl sites for hydroxylation is 1. The molecule has 0 unspecified atom stereocenters. The second kappa shape index (κ2) is 8.37. The van der Waals surface area contributed by atoms with Gasteiger partial charge in [-0.2, -0.15) is 0 Å². The number of hydrogen-bond acceptors (Lipinski definition) is 3. The molecule has 1 aliphatic heterocycles. The molecule has 4 rings (SSSR count). The maximum absolute atomic E-state index is 5.31. The predicted molar refractivity (Wildman–Crippen MR) is 134 cm³/mol. The molecule has 0 saturated heterocycles. The lowest BCUT2D eigenvalue weighted by Crippen LogP contribution is -2.33. The lowest BCUT2D eigenvalue weighted by Gasteiger charge is -2.24. The van der Waals surface area contributed by atoms with Crippen molar-refractivity contribution < 1.29 is 0 Å². The molecular formula is C28H35N3. The third-order valence-electron chi connectivity index (χ3n) is 6.25. The Morgan fingerprint density at radius 3 is 1.97 bits per heavy atom. The van der Waals surface area contributed by atoms with Gasteiger partial charge in [0.15, 0.2) is 5.82 Å². The second-order valence-corrected chi connectivity index (χ2v) is 9.64. The highest BCUT2D eigenvalue weighted by Crippen LogP contribution is 2.43. The normalized spacial score (nSPS) is 13.6. The first-order valence-electron chi connectivity index (χ1n) is 11.5. The van der Waals surface area contributed by atoms with Crippen molar-refractivity contribution in [3.05, 3.63) is 71.3 Å². The van der Waals surface area contributed by atoms with Crippen LogP contribution in [0.2, 0.25) is 0 Å². The van der Waals surface area contributed by atoms with Crippen molar-refractivity contribution >= 4 is 17.2 Å². The summed E-state index contributed by atoms with van der Waals surface area (Å²) in [5, 5.41) is 0. The molecule has 1 aromatic heterocycles. The topological polar surface area (TPSA) is 19.4 Å². The van der Waals surface area contributed by atoms with E-state index in [1.165, 1.54) is 33.6 Å². The molecule has 1 aliphatic rings. The molecule has 31 heavy (non-hydrogen) atoms. The number of fused-ring (bicyclic) bond motifs is 1. The number of anilines is 3. The molecule has 0 spiro atoms. The van der Waals surface area contributed by atoms with Crippen molar-refractivity contribution in [3.63, 3.8) is 0 Å². The number of para-hydroxylation sites is 1. The van der Waals surface area contributed by atoms with Crippen molar-refractivity contribution in [2.45, 2.75) is 66.3 Å². The summed E-state index contributed by atoms with van der Waals surface area (Å²) >= 11 is 0. The first-order valence-corrected chi connectivity index (χ1v) is 11.5. The fraction of sp³-hybridized carbons (Fsp3) is 0.393. The summed E-state index contributed by atoms with van der Waals surface area (Å²) in [6, 6.07) is 20.2. The highest BCUT2D eigenvalue weighted by atomic mass is 15.4. The van der Waals surface area contributed by atoms with Crippen molar-refractivity contribution in [2.24, 2.45) is 0 Å². The van der Waals surface area contributed by atoms with Crippen LogP contribution in [0.15, 0.2) is 54.6 Å². The summed E-state index contributed by atoms with van der Waals surface area (Å²) in [7, 11) is 0. The number of aromatic nitrogens is 1. The molecule has 0 bridgehead atoms. The minimum Gasteiger partial charge on any atom is -0.348 e. The molecule has 2 aromatic carbocycles. The molecule has 0 saturated carbocycles. The number of pyridine rings is 1. The monoisotopic (exact) mass is 413 g/mol. The number of nitrogens with zero attached hydrogens (tertiary/aromatic N) is 3. The molecule has 3 heteroatoms. The summed E-state index contributed by atoms with van der Waals surface area (Å²) < 4.78 is 0. The van der Waals surface area contributed by atoms with Gasteiger partial charge in [-0.15, -0.1) is 0 Å². The third kappa shape index (κ3) is 3.94. The van der Waals surface area contributed by atoms with E-state index in [0.29, 0.717) is 17.9 Å². The van der Waals surface area contributed by atoms with E-state index in [1.54, 1.807) is 0 Å². The molecule has 0 radical (unpaired) electrons. The predicted octanol–water partition coefficient (Wildman–Crippen LogP) is 7.63. The Balaban J connectivity index is 1.93. The Hall–Kier alpha value is -2.81. The molecule has 0 aliphatic carbocycles. The Morgan fingerprint density at radius 2 is 1.42 bits per heavy atom. The van der Waals surface area contributed by atoms with E-state index in [2.05, 4.69) is 113 Å². The van der Waals surface area contributed by atoms with Gasteiger partial charge in [0.1, 0.15) is 0 Å².